The van der Waals surface area contributed by atoms with Crippen molar-refractivity contribution in [3.8, 4) is 5.75 Å². The van der Waals surface area contributed by atoms with E-state index >= 15 is 0 Å². The van der Waals surface area contributed by atoms with E-state index in [4.69, 9.17) is 4.74 Å². The Kier molecular flexibility index (Phi) is 8.23. The van der Waals surface area contributed by atoms with Crippen molar-refractivity contribution in [3.05, 3.63) is 59.4 Å². The van der Waals surface area contributed by atoms with Gasteiger partial charge in [-0.3, -0.25) is 9.69 Å². The molecule has 29 heavy (non-hydrogen) atoms. The van der Waals surface area contributed by atoms with E-state index < -0.39 is 30.2 Å². The van der Waals surface area contributed by atoms with Crippen molar-refractivity contribution >= 4 is 24.8 Å². The summed E-state index contributed by atoms with van der Waals surface area (Å²) in [6.07, 6.45) is 0.922. The van der Waals surface area contributed by atoms with Gasteiger partial charge in [-0.25, -0.2) is 8.78 Å². The molecule has 0 spiro atoms. The number of benzene rings is 2. The zero-order chi connectivity index (χ0) is 21.4. The second kappa shape index (κ2) is 10.6. The van der Waals surface area contributed by atoms with Gasteiger partial charge in [-0.05, 0) is 30.8 Å². The molecule has 0 aliphatic carbocycles. The van der Waals surface area contributed by atoms with Gasteiger partial charge in [0.05, 0.1) is 19.7 Å². The molecule has 0 saturated heterocycles. The highest BCUT2D eigenvalue weighted by molar-refractivity contribution is 6.61. The molecule has 0 unspecified atom stereocenters. The summed E-state index contributed by atoms with van der Waals surface area (Å²) in [6, 6.07) is 7.81. The summed E-state index contributed by atoms with van der Waals surface area (Å²) < 4.78 is 51.2. The van der Waals surface area contributed by atoms with Gasteiger partial charge in [0, 0.05) is 11.9 Å². The molecule has 0 fully saturated rings. The Morgan fingerprint density at radius 1 is 1.14 bits per heavy atom. The molecular formula is C19H19BF3NO5. The molecule has 2 aromatic rings. The average Bonchev–Trinajstić information content (AvgIpc) is 2.66. The third-order valence-electron chi connectivity index (χ3n) is 3.93. The van der Waals surface area contributed by atoms with Crippen LogP contribution in [-0.4, -0.2) is 56.0 Å². The fourth-order valence-corrected chi connectivity index (χ4v) is 2.42. The van der Waals surface area contributed by atoms with Gasteiger partial charge in [0.2, 0.25) is 0 Å². The lowest BCUT2D eigenvalue weighted by atomic mass is 9.79. The maximum absolute atomic E-state index is 14.2. The number of aldehydes is 1. The lowest BCUT2D eigenvalue weighted by molar-refractivity contribution is -0.136. The fourth-order valence-electron chi connectivity index (χ4n) is 2.42. The van der Waals surface area contributed by atoms with Crippen LogP contribution in [-0.2, 0) is 20.7 Å². The van der Waals surface area contributed by atoms with E-state index in [0.717, 1.165) is 17.7 Å². The van der Waals surface area contributed by atoms with Crippen molar-refractivity contribution in [3.63, 3.8) is 0 Å². The van der Waals surface area contributed by atoms with Crippen LogP contribution in [0.2, 0.25) is 0 Å². The summed E-state index contributed by atoms with van der Waals surface area (Å²) in [7, 11) is -0.546. The molecule has 1 N–H and O–H groups in total. The first kappa shape index (κ1) is 22.4. The number of nitrogens with zero attached hydrogens (tertiary/aromatic N) is 1. The molecule has 0 heterocycles. The number of likely N-dealkylation sites (N-methyl/N-ethyl adjacent to an activating group) is 1. The minimum absolute atomic E-state index is 0.0158. The fraction of sp³-hybridized carbons (Fsp3) is 0.263. The Hall–Kier alpha value is -2.85. The highest BCUT2D eigenvalue weighted by Gasteiger charge is 2.29. The Morgan fingerprint density at radius 2 is 1.83 bits per heavy atom. The zero-order valence-corrected chi connectivity index (χ0v) is 15.6. The van der Waals surface area contributed by atoms with Crippen LogP contribution in [0, 0.1) is 17.5 Å². The largest absolute Gasteiger partial charge is 0.565 e. The van der Waals surface area contributed by atoms with E-state index in [0.29, 0.717) is 12.7 Å². The quantitative estimate of drug-likeness (QED) is 0.468. The normalized spacial score (nSPS) is 10.7. The van der Waals surface area contributed by atoms with Gasteiger partial charge in [0.15, 0.2) is 17.4 Å². The smallest absolute Gasteiger partial charge is 0.505 e. The Balaban J connectivity index is 1.96. The van der Waals surface area contributed by atoms with Crippen molar-refractivity contribution in [1.29, 1.82) is 0 Å². The molecule has 0 aliphatic heterocycles. The van der Waals surface area contributed by atoms with Gasteiger partial charge in [0.1, 0.15) is 12.1 Å². The second-order valence-corrected chi connectivity index (χ2v) is 6.21. The maximum Gasteiger partial charge on any atom is 0.565 e. The monoisotopic (exact) mass is 409 g/mol. The molecule has 0 bridgehead atoms. The number of ether oxygens (including phenoxy) is 1. The number of hydrogen-bond donors (Lipinski definition) is 1. The van der Waals surface area contributed by atoms with Crippen LogP contribution in [0.15, 0.2) is 36.4 Å². The molecule has 0 radical (unpaired) electrons. The molecule has 2 aromatic carbocycles. The summed E-state index contributed by atoms with van der Waals surface area (Å²) in [5.74, 6) is -4.42. The molecule has 0 aromatic heterocycles. The number of rotatable bonds is 10. The molecule has 6 nitrogen and oxygen atoms in total. The van der Waals surface area contributed by atoms with E-state index in [9.17, 15) is 27.8 Å². The zero-order valence-electron chi connectivity index (χ0n) is 15.6. The molecule has 0 aliphatic rings. The molecular weight excluding hydrogens is 390 g/mol. The Morgan fingerprint density at radius 3 is 2.48 bits per heavy atom. The van der Waals surface area contributed by atoms with Gasteiger partial charge in [-0.2, -0.15) is 4.39 Å². The lowest BCUT2D eigenvalue weighted by Gasteiger charge is -2.15. The van der Waals surface area contributed by atoms with Crippen LogP contribution in [0.3, 0.4) is 0 Å². The standard InChI is InChI=1S/C19H19BF3NO5/c1-24(9-10-25)12-17(26)29-20(27)15-6-7-16(19(23)18(15)22)28-11-8-13-2-4-14(21)5-3-13/h2-7,10,27H,8-9,11-12H2,1H3. The summed E-state index contributed by atoms with van der Waals surface area (Å²) in [5.41, 5.74) is 0.186. The van der Waals surface area contributed by atoms with Crippen molar-refractivity contribution in [1.82, 2.24) is 4.90 Å². The van der Waals surface area contributed by atoms with E-state index in [1.54, 1.807) is 12.1 Å². The molecule has 10 heteroatoms. The molecule has 2 rings (SSSR count). The molecule has 0 atom stereocenters. The van der Waals surface area contributed by atoms with Crippen LogP contribution in [0.25, 0.3) is 0 Å². The molecule has 0 saturated carbocycles. The van der Waals surface area contributed by atoms with E-state index in [2.05, 4.69) is 4.65 Å². The first-order valence-electron chi connectivity index (χ1n) is 8.66. The third-order valence-corrected chi connectivity index (χ3v) is 3.93. The van der Waals surface area contributed by atoms with Crippen molar-refractivity contribution in [2.45, 2.75) is 6.42 Å². The maximum atomic E-state index is 14.2. The predicted molar refractivity (Wildman–Crippen MR) is 99.2 cm³/mol. The van der Waals surface area contributed by atoms with Crippen molar-refractivity contribution < 1.29 is 37.2 Å². The van der Waals surface area contributed by atoms with Gasteiger partial charge >= 0.3 is 13.1 Å². The van der Waals surface area contributed by atoms with E-state index in [-0.39, 0.29) is 31.3 Å². The molecule has 154 valence electrons. The van der Waals surface area contributed by atoms with Crippen LogP contribution in [0.4, 0.5) is 13.2 Å². The summed E-state index contributed by atoms with van der Waals surface area (Å²) >= 11 is 0. The van der Waals surface area contributed by atoms with Gasteiger partial charge in [0.25, 0.3) is 0 Å². The van der Waals surface area contributed by atoms with Crippen LogP contribution >= 0.6 is 0 Å². The Labute approximate surface area is 166 Å². The predicted octanol–water partition coefficient (Wildman–Crippen LogP) is 1.09. The molecule has 0 amide bonds. The van der Waals surface area contributed by atoms with Crippen LogP contribution in [0.1, 0.15) is 5.56 Å². The first-order chi connectivity index (χ1) is 13.8. The average molecular weight is 409 g/mol. The number of carbonyl (C=O) groups excluding carboxylic acids is 2. The van der Waals surface area contributed by atoms with Crippen LogP contribution < -0.4 is 10.2 Å². The second-order valence-electron chi connectivity index (χ2n) is 6.21. The van der Waals surface area contributed by atoms with Crippen LogP contribution in [0.5, 0.6) is 5.75 Å². The SMILES string of the molecule is CN(CC=O)CC(=O)OB(O)c1ccc(OCCc2ccc(F)cc2)c(F)c1F. The Bertz CT molecular complexity index is 850. The summed E-state index contributed by atoms with van der Waals surface area (Å²) in [6.45, 7) is -0.329. The topological polar surface area (TPSA) is 76.1 Å². The highest BCUT2D eigenvalue weighted by Crippen LogP contribution is 2.19. The number of carbonyl (C=O) groups is 2. The minimum Gasteiger partial charge on any atom is -0.505 e. The highest BCUT2D eigenvalue weighted by atomic mass is 19.2. The number of halogens is 3. The van der Waals surface area contributed by atoms with Gasteiger partial charge < -0.3 is 19.2 Å². The third kappa shape index (κ3) is 6.61. The lowest BCUT2D eigenvalue weighted by Crippen LogP contribution is -2.41. The van der Waals surface area contributed by atoms with Crippen molar-refractivity contribution in [2.75, 3.05) is 26.7 Å². The first-order valence-corrected chi connectivity index (χ1v) is 8.66. The summed E-state index contributed by atoms with van der Waals surface area (Å²) in [4.78, 5) is 23.3. The number of hydrogen-bond acceptors (Lipinski definition) is 6. The van der Waals surface area contributed by atoms with Crippen molar-refractivity contribution in [2.24, 2.45) is 0 Å². The minimum atomic E-state index is -2.02. The van der Waals surface area contributed by atoms with E-state index in [1.807, 2.05) is 0 Å². The van der Waals surface area contributed by atoms with E-state index in [1.165, 1.54) is 24.1 Å². The summed E-state index contributed by atoms with van der Waals surface area (Å²) in [5, 5.41) is 9.87. The van der Waals surface area contributed by atoms with Gasteiger partial charge in [-0.15, -0.1) is 0 Å². The van der Waals surface area contributed by atoms with Gasteiger partial charge in [-0.1, -0.05) is 18.2 Å².